The first kappa shape index (κ1) is 13.7. The van der Waals surface area contributed by atoms with Crippen molar-refractivity contribution >= 4 is 16.9 Å². The zero-order chi connectivity index (χ0) is 14.0. The summed E-state index contributed by atoms with van der Waals surface area (Å²) in [5, 5.41) is 3.05. The largest absolute Gasteiger partial charge is 0.416 e. The minimum absolute atomic E-state index is 0.0833. The molecule has 2 aromatic rings. The average molecular weight is 287 g/mol. The molecule has 1 heterocycles. The average Bonchev–Trinajstić information content (AvgIpc) is 2.75. The molecule has 0 aliphatic carbocycles. The molecule has 0 amide bonds. The number of thioether (sulfide) groups is 1. The van der Waals surface area contributed by atoms with Gasteiger partial charge in [-0.25, -0.2) is 0 Å². The van der Waals surface area contributed by atoms with Crippen LogP contribution in [0.15, 0.2) is 39.8 Å². The van der Waals surface area contributed by atoms with E-state index in [2.05, 4.69) is 5.16 Å². The molecule has 0 fully saturated rings. The molecule has 0 aliphatic heterocycles. The van der Waals surface area contributed by atoms with Gasteiger partial charge in [0.2, 0.25) is 5.12 Å². The van der Waals surface area contributed by atoms with Crippen molar-refractivity contribution in [2.45, 2.75) is 18.0 Å². The van der Waals surface area contributed by atoms with E-state index in [1.165, 1.54) is 18.2 Å². The first-order valence-corrected chi connectivity index (χ1v) is 6.00. The zero-order valence-corrected chi connectivity index (χ0v) is 10.5. The van der Waals surface area contributed by atoms with E-state index < -0.39 is 16.9 Å². The monoisotopic (exact) mass is 287 g/mol. The summed E-state index contributed by atoms with van der Waals surface area (Å²) in [6.45, 7) is 1.62. The van der Waals surface area contributed by atoms with Crippen molar-refractivity contribution in [3.05, 3.63) is 47.3 Å². The number of benzene rings is 1. The van der Waals surface area contributed by atoms with Crippen molar-refractivity contribution in [1.82, 2.24) is 5.16 Å². The number of alkyl halides is 3. The first-order chi connectivity index (χ1) is 8.86. The van der Waals surface area contributed by atoms with Gasteiger partial charge in [0.1, 0.15) is 5.76 Å². The van der Waals surface area contributed by atoms with Crippen LogP contribution in [0.2, 0.25) is 0 Å². The van der Waals surface area contributed by atoms with E-state index in [0.717, 1.165) is 12.1 Å². The van der Waals surface area contributed by atoms with Crippen LogP contribution in [0.3, 0.4) is 0 Å². The molecule has 0 saturated heterocycles. The van der Waals surface area contributed by atoms with Crippen molar-refractivity contribution in [1.29, 1.82) is 0 Å². The summed E-state index contributed by atoms with van der Waals surface area (Å²) in [5.74, 6) is 0.466. The van der Waals surface area contributed by atoms with Crippen LogP contribution in [0.5, 0.6) is 0 Å². The highest BCUT2D eigenvalue weighted by atomic mass is 32.2. The predicted octanol–water partition coefficient (Wildman–Crippen LogP) is 3.93. The molecule has 19 heavy (non-hydrogen) atoms. The first-order valence-electron chi connectivity index (χ1n) is 5.19. The number of aryl methyl sites for hydroxylation is 1. The van der Waals surface area contributed by atoms with Crippen LogP contribution < -0.4 is 0 Å². The Bertz CT molecular complexity index is 607. The molecule has 1 aromatic heterocycles. The summed E-state index contributed by atoms with van der Waals surface area (Å²) in [7, 11) is 0. The number of carbonyl (C=O) groups is 1. The van der Waals surface area contributed by atoms with Gasteiger partial charge in [0, 0.05) is 11.0 Å². The third-order valence-corrected chi connectivity index (χ3v) is 3.09. The molecule has 100 valence electrons. The second kappa shape index (κ2) is 5.08. The Morgan fingerprint density at radius 2 is 2.05 bits per heavy atom. The molecular formula is C12H8F3NO2S. The van der Waals surface area contributed by atoms with E-state index in [-0.39, 0.29) is 10.6 Å². The molecular weight excluding hydrogens is 279 g/mol. The van der Waals surface area contributed by atoms with Gasteiger partial charge in [0.05, 0.1) is 5.56 Å². The van der Waals surface area contributed by atoms with E-state index in [1.54, 1.807) is 6.92 Å². The van der Waals surface area contributed by atoms with Gasteiger partial charge >= 0.3 is 6.18 Å². The summed E-state index contributed by atoms with van der Waals surface area (Å²) in [5.41, 5.74) is -0.707. The maximum absolute atomic E-state index is 12.5. The Balaban J connectivity index is 2.18. The fraction of sp³-hybridized carbons (Fsp3) is 0.167. The van der Waals surface area contributed by atoms with Crippen molar-refractivity contribution in [2.75, 3.05) is 0 Å². The second-order valence-corrected chi connectivity index (χ2v) is 4.78. The lowest BCUT2D eigenvalue weighted by atomic mass is 10.2. The smallest absolute Gasteiger partial charge is 0.361 e. The van der Waals surface area contributed by atoms with Crippen molar-refractivity contribution in [3.8, 4) is 0 Å². The molecule has 7 heteroatoms. The van der Waals surface area contributed by atoms with Crippen molar-refractivity contribution < 1.29 is 22.5 Å². The normalized spacial score (nSPS) is 11.6. The van der Waals surface area contributed by atoms with Gasteiger partial charge in [0.25, 0.3) is 0 Å². The SMILES string of the molecule is Cc1cc(C(=O)Sc2cccc(C(F)(F)F)c2)no1. The summed E-state index contributed by atoms with van der Waals surface area (Å²) in [6.07, 6.45) is -4.43. The number of carbonyl (C=O) groups excluding carboxylic acids is 1. The van der Waals surface area contributed by atoms with Gasteiger partial charge in [-0.15, -0.1) is 0 Å². The number of hydrogen-bond acceptors (Lipinski definition) is 4. The zero-order valence-electron chi connectivity index (χ0n) is 9.69. The van der Waals surface area contributed by atoms with Crippen LogP contribution in [0.25, 0.3) is 0 Å². The minimum Gasteiger partial charge on any atom is -0.361 e. The Kier molecular flexibility index (Phi) is 3.66. The number of hydrogen-bond donors (Lipinski definition) is 0. The lowest BCUT2D eigenvalue weighted by molar-refractivity contribution is -0.137. The summed E-state index contributed by atoms with van der Waals surface area (Å²) >= 11 is 0.679. The Morgan fingerprint density at radius 3 is 2.63 bits per heavy atom. The molecule has 0 saturated carbocycles. The van der Waals surface area contributed by atoms with Crippen molar-refractivity contribution in [3.63, 3.8) is 0 Å². The predicted molar refractivity (Wildman–Crippen MR) is 62.9 cm³/mol. The summed E-state index contributed by atoms with van der Waals surface area (Å²) in [4.78, 5) is 12.0. The Labute approximate surface area is 110 Å². The van der Waals surface area contributed by atoms with Crippen LogP contribution in [-0.2, 0) is 6.18 Å². The van der Waals surface area contributed by atoms with Crippen LogP contribution >= 0.6 is 11.8 Å². The number of aromatic nitrogens is 1. The maximum Gasteiger partial charge on any atom is 0.416 e. The van der Waals surface area contributed by atoms with Crippen LogP contribution in [-0.4, -0.2) is 10.3 Å². The van der Waals surface area contributed by atoms with Gasteiger partial charge in [0.15, 0.2) is 5.69 Å². The highest BCUT2D eigenvalue weighted by molar-refractivity contribution is 8.14. The molecule has 1 aromatic carbocycles. The highest BCUT2D eigenvalue weighted by Crippen LogP contribution is 2.32. The Hall–Kier alpha value is -1.76. The van der Waals surface area contributed by atoms with Gasteiger partial charge in [-0.3, -0.25) is 4.79 Å². The van der Waals surface area contributed by atoms with Crippen LogP contribution in [0.1, 0.15) is 21.8 Å². The van der Waals surface area contributed by atoms with E-state index in [1.807, 2.05) is 0 Å². The highest BCUT2D eigenvalue weighted by Gasteiger charge is 2.30. The number of nitrogens with zero attached hydrogens (tertiary/aromatic N) is 1. The molecule has 0 radical (unpaired) electrons. The quantitative estimate of drug-likeness (QED) is 0.785. The molecule has 0 spiro atoms. The van der Waals surface area contributed by atoms with Gasteiger partial charge in [-0.05, 0) is 36.9 Å². The number of rotatable bonds is 2. The fourth-order valence-electron chi connectivity index (χ4n) is 1.36. The number of halogens is 3. The van der Waals surface area contributed by atoms with Crippen molar-refractivity contribution in [2.24, 2.45) is 0 Å². The second-order valence-electron chi connectivity index (χ2n) is 3.74. The van der Waals surface area contributed by atoms with E-state index in [4.69, 9.17) is 4.52 Å². The molecule has 0 aliphatic rings. The fourth-order valence-corrected chi connectivity index (χ4v) is 2.11. The third kappa shape index (κ3) is 3.37. The molecule has 0 N–H and O–H groups in total. The maximum atomic E-state index is 12.5. The lowest BCUT2D eigenvalue weighted by Crippen LogP contribution is -2.04. The molecule has 0 atom stereocenters. The van der Waals surface area contributed by atoms with E-state index in [9.17, 15) is 18.0 Å². The van der Waals surface area contributed by atoms with Gasteiger partial charge in [-0.2, -0.15) is 13.2 Å². The summed E-state index contributed by atoms with van der Waals surface area (Å²) in [6, 6.07) is 6.00. The lowest BCUT2D eigenvalue weighted by Gasteiger charge is -2.07. The summed E-state index contributed by atoms with van der Waals surface area (Å²) < 4.78 is 42.3. The molecule has 3 nitrogen and oxygen atoms in total. The topological polar surface area (TPSA) is 43.1 Å². The third-order valence-electron chi connectivity index (χ3n) is 2.21. The molecule has 0 unspecified atom stereocenters. The molecule has 2 rings (SSSR count). The Morgan fingerprint density at radius 1 is 1.32 bits per heavy atom. The van der Waals surface area contributed by atoms with Crippen LogP contribution in [0, 0.1) is 6.92 Å². The van der Waals surface area contributed by atoms with E-state index >= 15 is 0 Å². The van der Waals surface area contributed by atoms with Gasteiger partial charge < -0.3 is 4.52 Å². The van der Waals surface area contributed by atoms with Crippen LogP contribution in [0.4, 0.5) is 13.2 Å². The molecule has 0 bridgehead atoms. The standard InChI is InChI=1S/C12H8F3NO2S/c1-7-5-10(16-18-7)11(17)19-9-4-2-3-8(6-9)12(13,14)15/h2-6H,1H3. The van der Waals surface area contributed by atoms with Gasteiger partial charge in [-0.1, -0.05) is 11.2 Å². The minimum atomic E-state index is -4.43. The van der Waals surface area contributed by atoms with E-state index in [0.29, 0.717) is 17.5 Å².